The third-order valence-corrected chi connectivity index (χ3v) is 14.5. The molecule has 1 aliphatic rings. The van der Waals surface area contributed by atoms with E-state index in [1.165, 1.54) is 64.8 Å². The summed E-state index contributed by atoms with van der Waals surface area (Å²) in [6.07, 6.45) is 0. The summed E-state index contributed by atoms with van der Waals surface area (Å²) in [7, 11) is 0. The van der Waals surface area contributed by atoms with Crippen molar-refractivity contribution >= 4 is 115 Å². The minimum Gasteiger partial charge on any atom is -0.294 e. The molecule has 5 nitrogen and oxygen atoms in total. The van der Waals surface area contributed by atoms with Gasteiger partial charge in [-0.25, -0.2) is 15.0 Å². The molecule has 0 amide bonds. The van der Waals surface area contributed by atoms with Crippen LogP contribution in [0.15, 0.2) is 206 Å². The molecule has 12 aromatic carbocycles. The van der Waals surface area contributed by atoms with Gasteiger partial charge in [0.1, 0.15) is 17.3 Å². The zero-order valence-corrected chi connectivity index (χ0v) is 36.4. The van der Waals surface area contributed by atoms with Crippen molar-refractivity contribution in [3.63, 3.8) is 0 Å². The fourth-order valence-corrected chi connectivity index (χ4v) is 11.5. The molecule has 0 saturated carbocycles. The third-order valence-electron chi connectivity index (χ3n) is 14.5. The number of anilines is 1. The molecule has 0 fully saturated rings. The van der Waals surface area contributed by atoms with Gasteiger partial charge in [0.2, 0.25) is 0 Å². The lowest BCUT2D eigenvalue weighted by Gasteiger charge is -2.35. The van der Waals surface area contributed by atoms with Crippen molar-refractivity contribution in [2.75, 3.05) is 4.90 Å². The summed E-state index contributed by atoms with van der Waals surface area (Å²) in [4.78, 5) is 18.6. The van der Waals surface area contributed by atoms with Crippen LogP contribution in [0.3, 0.4) is 0 Å². The first-order valence-electron chi connectivity index (χ1n) is 22.9. The molecule has 0 N–H and O–H groups in total. The molecule has 0 saturated heterocycles. The Morgan fingerprint density at radius 3 is 1.66 bits per heavy atom. The lowest BCUT2D eigenvalue weighted by atomic mass is 9.89. The maximum atomic E-state index is 5.48. The molecule has 0 unspecified atom stereocenters. The van der Waals surface area contributed by atoms with Crippen molar-refractivity contribution in [3.8, 4) is 22.5 Å². The van der Waals surface area contributed by atoms with Crippen molar-refractivity contribution < 1.29 is 0 Å². The topological polar surface area (TPSA) is 45.8 Å². The van der Waals surface area contributed by atoms with E-state index in [0.717, 1.165) is 89.5 Å². The van der Waals surface area contributed by atoms with Crippen molar-refractivity contribution in [2.24, 2.45) is 4.99 Å². The van der Waals surface area contributed by atoms with Crippen LogP contribution in [0.25, 0.3) is 120 Å². The summed E-state index contributed by atoms with van der Waals surface area (Å²) < 4.78 is 2.30. The molecule has 0 aliphatic carbocycles. The molecule has 0 radical (unpaired) electrons. The molecule has 3 heterocycles. The molecule has 15 rings (SSSR count). The molecule has 2 aromatic heterocycles. The number of nitrogens with zero attached hydrogens (tertiary/aromatic N) is 5. The highest BCUT2D eigenvalue weighted by Crippen LogP contribution is 2.48. The van der Waals surface area contributed by atoms with E-state index in [-0.39, 0.29) is 0 Å². The first kappa shape index (κ1) is 36.4. The van der Waals surface area contributed by atoms with Crippen LogP contribution in [0.4, 0.5) is 11.4 Å². The Labute approximate surface area is 384 Å². The second-order valence-corrected chi connectivity index (χ2v) is 18.0. The van der Waals surface area contributed by atoms with Gasteiger partial charge in [-0.3, -0.25) is 9.30 Å². The molecular weight excluding hydrogens is 815 g/mol. The van der Waals surface area contributed by atoms with E-state index >= 15 is 0 Å². The molecular formula is C62H37N5. The molecule has 1 aliphatic heterocycles. The zero-order chi connectivity index (χ0) is 44.1. The van der Waals surface area contributed by atoms with Gasteiger partial charge in [0.05, 0.1) is 27.9 Å². The molecule has 67 heavy (non-hydrogen) atoms. The highest BCUT2D eigenvalue weighted by atomic mass is 15.2. The van der Waals surface area contributed by atoms with E-state index in [9.17, 15) is 0 Å². The van der Waals surface area contributed by atoms with Crippen molar-refractivity contribution in [1.29, 1.82) is 0 Å². The summed E-state index contributed by atoms with van der Waals surface area (Å²) in [6.45, 7) is 7.02. The molecule has 0 atom stereocenters. The monoisotopic (exact) mass is 851 g/mol. The van der Waals surface area contributed by atoms with Gasteiger partial charge in [0.25, 0.3) is 0 Å². The predicted octanol–water partition coefficient (Wildman–Crippen LogP) is 16.0. The number of benzene rings is 12. The van der Waals surface area contributed by atoms with Crippen molar-refractivity contribution in [3.05, 3.63) is 217 Å². The summed E-state index contributed by atoms with van der Waals surface area (Å²) in [6, 6.07) is 69.8. The van der Waals surface area contributed by atoms with E-state index < -0.39 is 0 Å². The smallest absolute Gasteiger partial charge is 0.149 e. The summed E-state index contributed by atoms with van der Waals surface area (Å²) in [5.41, 5.74) is 13.4. The second-order valence-electron chi connectivity index (χ2n) is 18.0. The van der Waals surface area contributed by atoms with Gasteiger partial charge in [-0.1, -0.05) is 183 Å². The molecule has 5 heteroatoms. The van der Waals surface area contributed by atoms with Gasteiger partial charge in [-0.05, 0) is 90.3 Å². The van der Waals surface area contributed by atoms with Crippen LogP contribution in [-0.2, 0) is 0 Å². The van der Waals surface area contributed by atoms with Crippen LogP contribution in [0.1, 0.15) is 16.7 Å². The molecule has 310 valence electrons. The van der Waals surface area contributed by atoms with Gasteiger partial charge < -0.3 is 0 Å². The lowest BCUT2D eigenvalue weighted by molar-refractivity contribution is 1.16. The van der Waals surface area contributed by atoms with Gasteiger partial charge in [-0.15, -0.1) is 0 Å². The Kier molecular flexibility index (Phi) is 7.24. The molecule has 0 spiro atoms. The Bertz CT molecular complexity index is 4460. The number of hydrogen-bond acceptors (Lipinski definition) is 4. The number of aromatic nitrogens is 3. The highest BCUT2D eigenvalue weighted by Gasteiger charge is 2.30. The summed E-state index contributed by atoms with van der Waals surface area (Å²) in [5.74, 6) is 1.72. The lowest BCUT2D eigenvalue weighted by Crippen LogP contribution is -2.33. The van der Waals surface area contributed by atoms with E-state index in [0.29, 0.717) is 0 Å². The number of aliphatic imine (C=N–C) groups is 1. The number of fused-ring (bicyclic) bond motifs is 8. The zero-order valence-electron chi connectivity index (χ0n) is 36.4. The Morgan fingerprint density at radius 2 is 0.955 bits per heavy atom. The first-order chi connectivity index (χ1) is 33.1. The van der Waals surface area contributed by atoms with E-state index in [1.807, 2.05) is 0 Å². The van der Waals surface area contributed by atoms with E-state index in [2.05, 4.69) is 210 Å². The van der Waals surface area contributed by atoms with Crippen LogP contribution >= 0.6 is 0 Å². The number of hydrogen-bond donors (Lipinski definition) is 0. The predicted molar refractivity (Wildman–Crippen MR) is 282 cm³/mol. The van der Waals surface area contributed by atoms with Crippen LogP contribution in [0.5, 0.6) is 0 Å². The SMILES string of the molecule is C=C1c2ccccc2N=C(c2ccc(-c3ccc(-c4nc5ccccc5c5nc6c7cccc8ccc9cccc(c9c87)c6n45)cc3)cc2)N1c1c(C)c2cccc3ccc4cccc1c4c32. The number of rotatable bonds is 4. The number of aryl methyl sites for hydroxylation is 1. The van der Waals surface area contributed by atoms with Gasteiger partial charge in [0, 0.05) is 43.9 Å². The fraction of sp³-hybridized carbons (Fsp3) is 0.0161. The average molecular weight is 852 g/mol. The van der Waals surface area contributed by atoms with Crippen LogP contribution in [-0.4, -0.2) is 20.2 Å². The largest absolute Gasteiger partial charge is 0.294 e. The quantitative estimate of drug-likeness (QED) is 0.166. The van der Waals surface area contributed by atoms with Crippen molar-refractivity contribution in [1.82, 2.24) is 14.4 Å². The fourth-order valence-electron chi connectivity index (χ4n) is 11.5. The number of para-hydroxylation sites is 2. The van der Waals surface area contributed by atoms with Gasteiger partial charge in [-0.2, -0.15) is 0 Å². The van der Waals surface area contributed by atoms with Crippen molar-refractivity contribution in [2.45, 2.75) is 6.92 Å². The first-order valence-corrected chi connectivity index (χ1v) is 22.9. The van der Waals surface area contributed by atoms with Crippen LogP contribution in [0.2, 0.25) is 0 Å². The standard InChI is InChI=1S/C62H37N5/c1-35-45-17-7-11-39-27-29-41-13-9-19-49(55(41)53(39)45)58(35)66-36(2)46-15-3-5-21-51(46)63-60(66)43-31-23-37(24-32-43)38-25-33-44(34-26-38)61-64-52-22-6-4-16-47(52)62-65-57-48-18-8-12-40-28-30-42-14-10-20-50(56(42)54(40)48)59(57)67(61)62/h3-34H,2H2,1H3. The maximum Gasteiger partial charge on any atom is 0.149 e. The van der Waals surface area contributed by atoms with Crippen LogP contribution in [0, 0.1) is 6.92 Å². The van der Waals surface area contributed by atoms with Crippen LogP contribution < -0.4 is 4.90 Å². The Hall–Kier alpha value is -8.93. The number of amidine groups is 1. The maximum absolute atomic E-state index is 5.48. The Balaban J connectivity index is 0.870. The molecule has 0 bridgehead atoms. The average Bonchev–Trinajstić information content (AvgIpc) is 3.80. The number of imidazole rings is 1. The third kappa shape index (κ3) is 4.95. The highest BCUT2D eigenvalue weighted by molar-refractivity contribution is 6.34. The minimum absolute atomic E-state index is 0.855. The van der Waals surface area contributed by atoms with Gasteiger partial charge >= 0.3 is 0 Å². The summed E-state index contributed by atoms with van der Waals surface area (Å²) in [5, 5.41) is 15.9. The van der Waals surface area contributed by atoms with E-state index in [1.54, 1.807) is 0 Å². The molecule has 14 aromatic rings. The van der Waals surface area contributed by atoms with Gasteiger partial charge in [0.15, 0.2) is 0 Å². The second kappa shape index (κ2) is 13.3. The van der Waals surface area contributed by atoms with E-state index in [4.69, 9.17) is 21.5 Å². The normalized spacial score (nSPS) is 13.2. The minimum atomic E-state index is 0.855. The summed E-state index contributed by atoms with van der Waals surface area (Å²) >= 11 is 0. The Morgan fingerprint density at radius 1 is 0.433 bits per heavy atom.